The molecule has 1 aromatic carbocycles. The molecule has 0 saturated heterocycles. The largest absolute Gasteiger partial charge is 0.489 e. The van der Waals surface area contributed by atoms with E-state index in [1.165, 1.54) is 13.0 Å². The summed E-state index contributed by atoms with van der Waals surface area (Å²) in [6, 6.07) is 1.25. The van der Waals surface area contributed by atoms with Crippen molar-refractivity contribution >= 4 is 25.4 Å². The number of hydrogen-bond acceptors (Lipinski definition) is 5. The number of halogens is 1. The molecule has 0 saturated carbocycles. The summed E-state index contributed by atoms with van der Waals surface area (Å²) in [4.78, 5) is 9.84. The number of methoxy groups -OCH3 is 1. The van der Waals surface area contributed by atoms with Gasteiger partial charge in [-0.1, -0.05) is 0 Å². The lowest BCUT2D eigenvalue weighted by Crippen LogP contribution is -2.04. The lowest BCUT2D eigenvalue weighted by atomic mass is 10.1. The van der Waals surface area contributed by atoms with Crippen molar-refractivity contribution in [2.24, 2.45) is 0 Å². The fourth-order valence-corrected chi connectivity index (χ4v) is 2.51. The summed E-state index contributed by atoms with van der Waals surface area (Å²) in [5.74, 6) is -0.340. The quantitative estimate of drug-likeness (QED) is 0.481. The van der Waals surface area contributed by atoms with Crippen LogP contribution >= 0.6 is 10.7 Å². The molecule has 0 heterocycles. The van der Waals surface area contributed by atoms with E-state index < -0.39 is 18.9 Å². The van der Waals surface area contributed by atoms with Gasteiger partial charge in [0.2, 0.25) is 5.75 Å². The van der Waals surface area contributed by atoms with Crippen molar-refractivity contribution in [3.8, 4) is 5.75 Å². The molecule has 94 valence electrons. The topological polar surface area (TPSA) is 86.5 Å². The van der Waals surface area contributed by atoms with Crippen LogP contribution in [0.25, 0.3) is 0 Å². The molecule has 0 aliphatic carbocycles. The standard InChI is InChI=1S/C9H10ClNO5S/c1-5-4-7(17(10,14)15)9(16-3)8(6(5)2)11(12)13/h4H,1-3H3. The number of nitrogens with zero attached hydrogens (tertiary/aromatic N) is 1. The lowest BCUT2D eigenvalue weighted by molar-refractivity contribution is -0.386. The summed E-state index contributed by atoms with van der Waals surface area (Å²) in [5.41, 5.74) is 0.416. The van der Waals surface area contributed by atoms with Crippen LogP contribution in [0.15, 0.2) is 11.0 Å². The fourth-order valence-electron chi connectivity index (χ4n) is 1.44. The van der Waals surface area contributed by atoms with Gasteiger partial charge in [-0.05, 0) is 25.5 Å². The van der Waals surface area contributed by atoms with Crippen LogP contribution in [0.4, 0.5) is 5.69 Å². The van der Waals surface area contributed by atoms with Gasteiger partial charge in [0.15, 0.2) is 0 Å². The van der Waals surface area contributed by atoms with Crippen molar-refractivity contribution in [3.63, 3.8) is 0 Å². The second-order valence-electron chi connectivity index (χ2n) is 3.39. The maximum atomic E-state index is 11.3. The molecule has 0 unspecified atom stereocenters. The van der Waals surface area contributed by atoms with Crippen LogP contribution in [-0.2, 0) is 9.05 Å². The molecule has 0 atom stereocenters. The van der Waals surface area contributed by atoms with Gasteiger partial charge in [0, 0.05) is 16.2 Å². The van der Waals surface area contributed by atoms with Crippen LogP contribution in [0.5, 0.6) is 5.75 Å². The van der Waals surface area contributed by atoms with E-state index in [1.807, 2.05) is 0 Å². The predicted octanol–water partition coefficient (Wildman–Crippen LogP) is 2.15. The summed E-state index contributed by atoms with van der Waals surface area (Å²) in [6.07, 6.45) is 0. The number of hydrogen-bond donors (Lipinski definition) is 0. The number of nitro groups is 1. The molecule has 6 nitrogen and oxygen atoms in total. The Bertz CT molecular complexity index is 582. The van der Waals surface area contributed by atoms with Gasteiger partial charge < -0.3 is 4.74 Å². The molecule has 0 amide bonds. The summed E-state index contributed by atoms with van der Waals surface area (Å²) in [7, 11) is 2.27. The van der Waals surface area contributed by atoms with E-state index in [0.29, 0.717) is 11.1 Å². The number of ether oxygens (including phenoxy) is 1. The van der Waals surface area contributed by atoms with Crippen molar-refractivity contribution in [1.29, 1.82) is 0 Å². The lowest BCUT2D eigenvalue weighted by Gasteiger charge is -2.10. The molecule has 8 heteroatoms. The summed E-state index contributed by atoms with van der Waals surface area (Å²) < 4.78 is 27.4. The summed E-state index contributed by atoms with van der Waals surface area (Å²) >= 11 is 0. The fraction of sp³-hybridized carbons (Fsp3) is 0.333. The summed E-state index contributed by atoms with van der Waals surface area (Å²) in [6.45, 7) is 3.08. The Morgan fingerprint density at radius 3 is 2.29 bits per heavy atom. The van der Waals surface area contributed by atoms with E-state index in [1.54, 1.807) is 6.92 Å². The van der Waals surface area contributed by atoms with E-state index in [2.05, 4.69) is 0 Å². The van der Waals surface area contributed by atoms with E-state index in [4.69, 9.17) is 15.4 Å². The van der Waals surface area contributed by atoms with Gasteiger partial charge in [-0.25, -0.2) is 8.42 Å². The smallest absolute Gasteiger partial charge is 0.315 e. The highest BCUT2D eigenvalue weighted by Gasteiger charge is 2.29. The van der Waals surface area contributed by atoms with Crippen molar-refractivity contribution in [2.75, 3.05) is 7.11 Å². The molecule has 0 spiro atoms. The van der Waals surface area contributed by atoms with Crippen LogP contribution < -0.4 is 4.74 Å². The molecule has 0 aromatic heterocycles. The molecule has 1 rings (SSSR count). The van der Waals surface area contributed by atoms with Crippen LogP contribution in [0.3, 0.4) is 0 Å². The van der Waals surface area contributed by atoms with E-state index >= 15 is 0 Å². The zero-order valence-electron chi connectivity index (χ0n) is 9.35. The first-order valence-corrected chi connectivity index (χ1v) is 6.78. The van der Waals surface area contributed by atoms with E-state index in [0.717, 1.165) is 7.11 Å². The van der Waals surface area contributed by atoms with Gasteiger partial charge >= 0.3 is 5.69 Å². The first-order chi connectivity index (χ1) is 7.70. The highest BCUT2D eigenvalue weighted by molar-refractivity contribution is 8.13. The molecule has 17 heavy (non-hydrogen) atoms. The van der Waals surface area contributed by atoms with Crippen molar-refractivity contribution < 1.29 is 18.1 Å². The highest BCUT2D eigenvalue weighted by Crippen LogP contribution is 2.39. The van der Waals surface area contributed by atoms with Gasteiger partial charge in [0.1, 0.15) is 4.90 Å². The van der Waals surface area contributed by atoms with Gasteiger partial charge in [0.05, 0.1) is 12.0 Å². The molecular formula is C9H10ClNO5S. The highest BCUT2D eigenvalue weighted by atomic mass is 35.7. The maximum absolute atomic E-state index is 11.3. The van der Waals surface area contributed by atoms with E-state index in [-0.39, 0.29) is 11.4 Å². The van der Waals surface area contributed by atoms with Crippen LogP contribution in [0.1, 0.15) is 11.1 Å². The molecule has 0 radical (unpaired) electrons. The Morgan fingerprint density at radius 1 is 1.41 bits per heavy atom. The predicted molar refractivity (Wildman–Crippen MR) is 62.2 cm³/mol. The van der Waals surface area contributed by atoms with Crippen molar-refractivity contribution in [3.05, 3.63) is 27.3 Å². The molecule has 0 N–H and O–H groups in total. The Morgan fingerprint density at radius 2 is 1.94 bits per heavy atom. The molecule has 0 aliphatic heterocycles. The van der Waals surface area contributed by atoms with Crippen LogP contribution in [0, 0.1) is 24.0 Å². The van der Waals surface area contributed by atoms with Gasteiger partial charge in [-0.2, -0.15) is 0 Å². The summed E-state index contributed by atoms with van der Waals surface area (Å²) in [5, 5.41) is 10.9. The van der Waals surface area contributed by atoms with Gasteiger partial charge in [-0.3, -0.25) is 10.1 Å². The molecule has 1 aromatic rings. The first kappa shape index (κ1) is 13.7. The number of nitro benzene ring substituents is 1. The first-order valence-electron chi connectivity index (χ1n) is 4.47. The van der Waals surface area contributed by atoms with Gasteiger partial charge in [0.25, 0.3) is 9.05 Å². The van der Waals surface area contributed by atoms with Crippen LogP contribution in [0.2, 0.25) is 0 Å². The molecule has 0 fully saturated rings. The monoisotopic (exact) mass is 279 g/mol. The van der Waals surface area contributed by atoms with E-state index in [9.17, 15) is 18.5 Å². The minimum atomic E-state index is -4.10. The second kappa shape index (κ2) is 4.50. The molecule has 0 bridgehead atoms. The SMILES string of the molecule is COc1c(S(=O)(=O)Cl)cc(C)c(C)c1[N+](=O)[O-]. The Hall–Kier alpha value is -1.34. The third kappa shape index (κ3) is 2.50. The zero-order valence-corrected chi connectivity index (χ0v) is 10.9. The number of rotatable bonds is 3. The Labute approximate surface area is 103 Å². The normalized spacial score (nSPS) is 11.3. The average molecular weight is 280 g/mol. The second-order valence-corrected chi connectivity index (χ2v) is 5.93. The molecule has 0 aliphatic rings. The number of aryl methyl sites for hydroxylation is 1. The Balaban J connectivity index is 3.83. The van der Waals surface area contributed by atoms with Crippen molar-refractivity contribution in [1.82, 2.24) is 0 Å². The molecular weight excluding hydrogens is 270 g/mol. The van der Waals surface area contributed by atoms with Crippen LogP contribution in [-0.4, -0.2) is 20.5 Å². The third-order valence-corrected chi connectivity index (χ3v) is 3.71. The zero-order chi connectivity index (χ0) is 13.4. The number of benzene rings is 1. The van der Waals surface area contributed by atoms with Gasteiger partial charge in [-0.15, -0.1) is 0 Å². The third-order valence-electron chi connectivity index (χ3n) is 2.38. The minimum Gasteiger partial charge on any atom is -0.489 e. The Kier molecular flexibility index (Phi) is 3.63. The van der Waals surface area contributed by atoms with Crippen molar-refractivity contribution in [2.45, 2.75) is 18.7 Å². The minimum absolute atomic E-state index is 0.340. The average Bonchev–Trinajstić information content (AvgIpc) is 2.18. The maximum Gasteiger partial charge on any atom is 0.315 e.